The highest BCUT2D eigenvalue weighted by atomic mass is 16.5. The Morgan fingerprint density at radius 1 is 1.26 bits per heavy atom. The van der Waals surface area contributed by atoms with Crippen molar-refractivity contribution in [1.82, 2.24) is 0 Å². The Hall–Kier alpha value is -1.61. The summed E-state index contributed by atoms with van der Waals surface area (Å²) >= 11 is 0. The number of hydrogen-bond donors (Lipinski definition) is 1. The summed E-state index contributed by atoms with van der Waals surface area (Å²) in [5, 5.41) is 9.50. The highest BCUT2D eigenvalue weighted by molar-refractivity contribution is 5.90. The minimum atomic E-state index is -0.220. The molecule has 0 radical (unpaired) electrons. The number of esters is 1. The van der Waals surface area contributed by atoms with Crippen LogP contribution in [-0.4, -0.2) is 23.8 Å². The molecule has 1 unspecified atom stereocenters. The van der Waals surface area contributed by atoms with Crippen molar-refractivity contribution < 1.29 is 14.6 Å². The average Bonchev–Trinajstić information content (AvgIpc) is 2.84. The van der Waals surface area contributed by atoms with Crippen LogP contribution in [0.3, 0.4) is 0 Å². The van der Waals surface area contributed by atoms with E-state index in [9.17, 15) is 9.90 Å². The molecule has 0 aromatic rings. The number of rotatable bonds is 2. The molecule has 23 heavy (non-hydrogen) atoms. The van der Waals surface area contributed by atoms with Gasteiger partial charge >= 0.3 is 5.97 Å². The van der Waals surface area contributed by atoms with Gasteiger partial charge in [-0.05, 0) is 50.2 Å². The number of carbonyl (C=O) groups is 1. The Balaban J connectivity index is 2.25. The van der Waals surface area contributed by atoms with E-state index < -0.39 is 0 Å². The van der Waals surface area contributed by atoms with Crippen molar-refractivity contribution in [3.63, 3.8) is 0 Å². The lowest BCUT2D eigenvalue weighted by Crippen LogP contribution is -2.10. The van der Waals surface area contributed by atoms with Gasteiger partial charge in [0, 0.05) is 12.0 Å². The third kappa shape index (κ3) is 5.21. The summed E-state index contributed by atoms with van der Waals surface area (Å²) in [6, 6.07) is 0. The molecule has 1 heterocycles. The number of ether oxygens (including phenoxy) is 1. The van der Waals surface area contributed by atoms with E-state index in [2.05, 4.69) is 39.0 Å². The summed E-state index contributed by atoms with van der Waals surface area (Å²) in [5.41, 5.74) is 4.42. The number of aliphatic hydroxyl groups excluding tert-OH is 1. The molecule has 2 rings (SSSR count). The summed E-state index contributed by atoms with van der Waals surface area (Å²) in [5.74, 6) is 0.277. The fourth-order valence-corrected chi connectivity index (χ4v) is 2.98. The molecular formula is C20H28O3. The van der Waals surface area contributed by atoms with E-state index >= 15 is 0 Å². The third-order valence-corrected chi connectivity index (χ3v) is 4.55. The molecule has 3 nitrogen and oxygen atoms in total. The lowest BCUT2D eigenvalue weighted by molar-refractivity contribution is -0.139. The summed E-state index contributed by atoms with van der Waals surface area (Å²) in [6.07, 6.45) is 12.3. The number of allylic oxidation sites excluding steroid dienone is 5. The van der Waals surface area contributed by atoms with E-state index in [0.717, 1.165) is 36.8 Å². The van der Waals surface area contributed by atoms with E-state index in [4.69, 9.17) is 4.74 Å². The van der Waals surface area contributed by atoms with E-state index in [1.54, 1.807) is 0 Å². The van der Waals surface area contributed by atoms with Gasteiger partial charge in [0.25, 0.3) is 0 Å². The summed E-state index contributed by atoms with van der Waals surface area (Å²) in [6.45, 7) is 6.56. The van der Waals surface area contributed by atoms with Crippen molar-refractivity contribution in [3.8, 4) is 0 Å². The molecule has 0 aromatic heterocycles. The maximum atomic E-state index is 12.0. The first-order chi connectivity index (χ1) is 11.0. The molecule has 0 fully saturated rings. The minimum Gasteiger partial charge on any atom is -0.454 e. The second-order valence-corrected chi connectivity index (χ2v) is 6.81. The molecule has 0 spiro atoms. The normalized spacial score (nSPS) is 30.3. The lowest BCUT2D eigenvalue weighted by atomic mass is 9.94. The van der Waals surface area contributed by atoms with Crippen molar-refractivity contribution in [2.75, 3.05) is 6.61 Å². The first kappa shape index (κ1) is 17.7. The molecule has 126 valence electrons. The predicted molar refractivity (Wildman–Crippen MR) is 92.9 cm³/mol. The van der Waals surface area contributed by atoms with E-state index in [-0.39, 0.29) is 18.7 Å². The minimum absolute atomic E-state index is 0.0252. The van der Waals surface area contributed by atoms with Crippen molar-refractivity contribution in [2.45, 2.75) is 59.0 Å². The summed E-state index contributed by atoms with van der Waals surface area (Å²) in [4.78, 5) is 12.0. The second kappa shape index (κ2) is 8.30. The van der Waals surface area contributed by atoms with Gasteiger partial charge in [-0.3, -0.25) is 0 Å². The van der Waals surface area contributed by atoms with Crippen LogP contribution in [0.2, 0.25) is 0 Å². The number of carbonyl (C=O) groups excluding carboxylic acids is 1. The van der Waals surface area contributed by atoms with Crippen LogP contribution < -0.4 is 0 Å². The van der Waals surface area contributed by atoms with Gasteiger partial charge in [0.05, 0.1) is 6.61 Å². The molecule has 1 aliphatic heterocycles. The van der Waals surface area contributed by atoms with Crippen molar-refractivity contribution in [1.29, 1.82) is 0 Å². The fourth-order valence-electron chi connectivity index (χ4n) is 2.98. The van der Waals surface area contributed by atoms with Gasteiger partial charge in [0.2, 0.25) is 0 Å². The zero-order chi connectivity index (χ0) is 16.8. The zero-order valence-corrected chi connectivity index (χ0v) is 14.5. The van der Waals surface area contributed by atoms with Crippen LogP contribution in [0.4, 0.5) is 0 Å². The second-order valence-electron chi connectivity index (χ2n) is 6.81. The van der Waals surface area contributed by atoms with Crippen LogP contribution in [-0.2, 0) is 9.53 Å². The van der Waals surface area contributed by atoms with Crippen LogP contribution >= 0.6 is 0 Å². The Kier molecular flexibility index (Phi) is 6.40. The molecule has 2 aliphatic rings. The van der Waals surface area contributed by atoms with Crippen LogP contribution in [0.1, 0.15) is 52.9 Å². The molecule has 0 saturated carbocycles. The zero-order valence-electron chi connectivity index (χ0n) is 14.5. The Morgan fingerprint density at radius 3 is 2.74 bits per heavy atom. The topological polar surface area (TPSA) is 46.5 Å². The molecule has 1 N–H and O–H groups in total. The van der Waals surface area contributed by atoms with Gasteiger partial charge in [-0.2, -0.15) is 0 Å². The lowest BCUT2D eigenvalue weighted by Gasteiger charge is -2.11. The first-order valence-electron chi connectivity index (χ1n) is 8.56. The molecule has 0 aromatic carbocycles. The van der Waals surface area contributed by atoms with Gasteiger partial charge in [-0.25, -0.2) is 4.79 Å². The third-order valence-electron chi connectivity index (χ3n) is 4.55. The largest absolute Gasteiger partial charge is 0.454 e. The Morgan fingerprint density at radius 2 is 2.04 bits per heavy atom. The fraction of sp³-hybridized carbons (Fsp3) is 0.550. The Labute approximate surface area is 139 Å². The number of hydrogen-bond acceptors (Lipinski definition) is 3. The van der Waals surface area contributed by atoms with Crippen LogP contribution in [0.5, 0.6) is 0 Å². The smallest absolute Gasteiger partial charge is 0.334 e. The van der Waals surface area contributed by atoms with Crippen molar-refractivity contribution in [2.24, 2.45) is 5.92 Å². The predicted octanol–water partition coefficient (Wildman–Crippen LogP) is 4.25. The standard InChI is InChI=1S/C20H28O3/c1-14(2)17-8-7-15(3)5-4-6-16(13-21)11-19-12-18(10-9-17)20(22)23-19/h6-8,12,14,19,21H,4-5,9-11,13H2,1-3H3/b15-7+,16-6-,17-8+. The molecule has 3 heteroatoms. The molecule has 1 atom stereocenters. The Bertz CT molecular complexity index is 561. The van der Waals surface area contributed by atoms with E-state index in [1.165, 1.54) is 11.1 Å². The van der Waals surface area contributed by atoms with Gasteiger partial charge < -0.3 is 9.84 Å². The maximum Gasteiger partial charge on any atom is 0.334 e. The highest BCUT2D eigenvalue weighted by Crippen LogP contribution is 2.27. The number of aliphatic hydroxyl groups is 1. The maximum absolute atomic E-state index is 12.0. The molecule has 0 amide bonds. The highest BCUT2D eigenvalue weighted by Gasteiger charge is 2.26. The SMILES string of the molecule is C/C1=C\C=C(\C(C)C)CCC2=CC(C/C(CO)=C/CC1)OC2=O. The summed E-state index contributed by atoms with van der Waals surface area (Å²) < 4.78 is 5.43. The van der Waals surface area contributed by atoms with Crippen LogP contribution in [0.15, 0.2) is 46.6 Å². The van der Waals surface area contributed by atoms with Gasteiger partial charge in [-0.1, -0.05) is 43.2 Å². The number of fused-ring (bicyclic) bond motifs is 1. The molecule has 0 saturated heterocycles. The van der Waals surface area contributed by atoms with E-state index in [0.29, 0.717) is 12.3 Å². The van der Waals surface area contributed by atoms with Gasteiger partial charge in [0.1, 0.15) is 6.10 Å². The van der Waals surface area contributed by atoms with Crippen LogP contribution in [0.25, 0.3) is 0 Å². The quantitative estimate of drug-likeness (QED) is 0.612. The monoisotopic (exact) mass is 316 g/mol. The van der Waals surface area contributed by atoms with Crippen LogP contribution in [0, 0.1) is 5.92 Å². The van der Waals surface area contributed by atoms with Gasteiger partial charge in [0.15, 0.2) is 0 Å². The molecule has 2 bridgehead atoms. The molecular weight excluding hydrogens is 288 g/mol. The van der Waals surface area contributed by atoms with Gasteiger partial charge in [-0.15, -0.1) is 0 Å². The van der Waals surface area contributed by atoms with Crippen molar-refractivity contribution >= 4 is 5.97 Å². The van der Waals surface area contributed by atoms with E-state index in [1.807, 2.05) is 6.08 Å². The first-order valence-corrected chi connectivity index (χ1v) is 8.56. The average molecular weight is 316 g/mol. The van der Waals surface area contributed by atoms with Crippen molar-refractivity contribution in [3.05, 3.63) is 46.6 Å². The summed E-state index contributed by atoms with van der Waals surface area (Å²) in [7, 11) is 0. The molecule has 1 aliphatic carbocycles.